The zero-order valence-electron chi connectivity index (χ0n) is 24.3. The molecule has 2 aliphatic rings. The quantitative estimate of drug-likeness (QED) is 0.253. The lowest BCUT2D eigenvalue weighted by atomic mass is 10.0. The standard InChI is InChI=1S/C30H33ClF3N5O3S2/c1-20(2)19-37-14-16-38(17-15-37)29-35-23(18-24(36-29)21-5-7-22(8-6-21)30(32,33)34)9-10-26(40)25-4-3-13-39(25)44(41,42)28-12-11-27(31)43-28/h3-8,11-12,18,20,25H,9-10,13-17,19H2,1-2H3/t25-/m0/s1. The molecule has 0 bridgehead atoms. The molecule has 3 aromatic rings. The number of rotatable bonds is 10. The predicted octanol–water partition coefficient (Wildman–Crippen LogP) is 5.79. The number of Topliss-reactive ketones (excluding diaryl/α,β-unsaturated/α-hetero) is 1. The van der Waals surface area contributed by atoms with Crippen LogP contribution in [0.3, 0.4) is 0 Å². The lowest BCUT2D eigenvalue weighted by Gasteiger charge is -2.35. The number of aryl methyl sites for hydroxylation is 1. The summed E-state index contributed by atoms with van der Waals surface area (Å²) >= 11 is 6.89. The van der Waals surface area contributed by atoms with Crippen molar-refractivity contribution in [2.45, 2.75) is 43.1 Å². The van der Waals surface area contributed by atoms with E-state index in [9.17, 15) is 26.4 Å². The van der Waals surface area contributed by atoms with Crippen LogP contribution in [0.2, 0.25) is 4.34 Å². The Morgan fingerprint density at radius 3 is 2.39 bits per heavy atom. The van der Waals surface area contributed by atoms with E-state index < -0.39 is 27.8 Å². The SMILES string of the molecule is CC(C)CN1CCN(c2nc(CCC(=O)[C@@H]3C=CCN3S(=O)(=O)c3ccc(Cl)s3)cc(-c3ccc(C(F)(F)F)cc3)n2)CC1. The van der Waals surface area contributed by atoms with Gasteiger partial charge in [0.05, 0.1) is 15.6 Å². The lowest BCUT2D eigenvalue weighted by Crippen LogP contribution is -2.48. The zero-order valence-corrected chi connectivity index (χ0v) is 26.7. The largest absolute Gasteiger partial charge is 0.416 e. The van der Waals surface area contributed by atoms with Gasteiger partial charge in [-0.15, -0.1) is 11.3 Å². The third-order valence-electron chi connectivity index (χ3n) is 7.54. The van der Waals surface area contributed by atoms with Crippen LogP contribution in [0, 0.1) is 5.92 Å². The van der Waals surface area contributed by atoms with Gasteiger partial charge >= 0.3 is 6.18 Å². The fourth-order valence-corrected chi connectivity index (χ4v) is 8.48. The Bertz CT molecular complexity index is 1620. The Morgan fingerprint density at radius 1 is 1.07 bits per heavy atom. The first-order valence-corrected chi connectivity index (χ1v) is 16.9. The zero-order chi connectivity index (χ0) is 31.6. The maximum absolute atomic E-state index is 13.4. The number of halogens is 4. The minimum atomic E-state index is -4.46. The van der Waals surface area contributed by atoms with Gasteiger partial charge in [0.25, 0.3) is 10.0 Å². The van der Waals surface area contributed by atoms with Gasteiger partial charge in [-0.2, -0.15) is 17.5 Å². The van der Waals surface area contributed by atoms with Crippen LogP contribution in [0.4, 0.5) is 19.1 Å². The average Bonchev–Trinajstić information content (AvgIpc) is 3.66. The first-order valence-electron chi connectivity index (χ1n) is 14.3. The maximum atomic E-state index is 13.4. The third-order valence-corrected chi connectivity index (χ3v) is 11.1. The second-order valence-electron chi connectivity index (χ2n) is 11.3. The van der Waals surface area contributed by atoms with Crippen LogP contribution in [0.15, 0.2) is 58.8 Å². The molecule has 1 fully saturated rings. The van der Waals surface area contributed by atoms with Crippen molar-refractivity contribution in [2.75, 3.05) is 44.2 Å². The second-order valence-corrected chi connectivity index (χ2v) is 15.1. The number of benzene rings is 1. The molecular formula is C30H33ClF3N5O3S2. The summed E-state index contributed by atoms with van der Waals surface area (Å²) in [4.78, 5) is 27.2. The Kier molecular flexibility index (Phi) is 9.81. The summed E-state index contributed by atoms with van der Waals surface area (Å²) in [6.45, 7) is 8.43. The van der Waals surface area contributed by atoms with Crippen LogP contribution in [0.25, 0.3) is 11.3 Å². The third kappa shape index (κ3) is 7.51. The maximum Gasteiger partial charge on any atom is 0.416 e. The van der Waals surface area contributed by atoms with E-state index in [0.717, 1.165) is 47.4 Å². The fraction of sp³-hybridized carbons (Fsp3) is 0.433. The minimum Gasteiger partial charge on any atom is -0.338 e. The van der Waals surface area contributed by atoms with Crippen LogP contribution in [0.1, 0.15) is 31.5 Å². The second kappa shape index (κ2) is 13.3. The molecule has 44 heavy (non-hydrogen) atoms. The number of hydrogen-bond acceptors (Lipinski definition) is 8. The Hall–Kier alpha value is -2.84. The van der Waals surface area contributed by atoms with Crippen molar-refractivity contribution in [1.29, 1.82) is 0 Å². The number of thiophene rings is 1. The molecule has 0 amide bonds. The molecule has 236 valence electrons. The van der Waals surface area contributed by atoms with Crippen molar-refractivity contribution in [3.63, 3.8) is 0 Å². The van der Waals surface area contributed by atoms with E-state index in [4.69, 9.17) is 21.6 Å². The number of carbonyl (C=O) groups excluding carboxylic acids is 1. The molecule has 0 N–H and O–H groups in total. The Labute approximate surface area is 264 Å². The number of aromatic nitrogens is 2. The summed E-state index contributed by atoms with van der Waals surface area (Å²) in [5.41, 5.74) is 0.745. The van der Waals surface area contributed by atoms with Crippen molar-refractivity contribution >= 4 is 44.7 Å². The molecule has 1 atom stereocenters. The number of sulfonamides is 1. The number of hydrogen-bond donors (Lipinski definition) is 0. The molecule has 1 saturated heterocycles. The Morgan fingerprint density at radius 2 is 1.77 bits per heavy atom. The molecule has 0 radical (unpaired) electrons. The smallest absolute Gasteiger partial charge is 0.338 e. The monoisotopic (exact) mass is 667 g/mol. The summed E-state index contributed by atoms with van der Waals surface area (Å²) in [6.07, 6.45) is -0.997. The molecule has 0 aliphatic carbocycles. The summed E-state index contributed by atoms with van der Waals surface area (Å²) in [6, 6.07) is 8.47. The number of alkyl halides is 3. The molecular weight excluding hydrogens is 635 g/mol. The fourth-order valence-electron chi connectivity index (χ4n) is 5.35. The summed E-state index contributed by atoms with van der Waals surface area (Å²) in [5.74, 6) is 0.700. The number of carbonyl (C=O) groups is 1. The molecule has 2 aliphatic heterocycles. The number of nitrogens with zero attached hydrogens (tertiary/aromatic N) is 5. The molecule has 14 heteroatoms. The van der Waals surface area contributed by atoms with Crippen molar-refractivity contribution in [3.05, 3.63) is 70.2 Å². The van der Waals surface area contributed by atoms with Crippen molar-refractivity contribution < 1.29 is 26.4 Å². The molecule has 0 unspecified atom stereocenters. The van der Waals surface area contributed by atoms with E-state index >= 15 is 0 Å². The van der Waals surface area contributed by atoms with Gasteiger partial charge in [0, 0.05) is 56.9 Å². The average molecular weight is 668 g/mol. The highest BCUT2D eigenvalue weighted by molar-refractivity contribution is 7.91. The summed E-state index contributed by atoms with van der Waals surface area (Å²) in [7, 11) is -3.92. The van der Waals surface area contributed by atoms with Crippen molar-refractivity contribution in [3.8, 4) is 11.3 Å². The normalized spacial score (nSPS) is 18.4. The predicted molar refractivity (Wildman–Crippen MR) is 165 cm³/mol. The van der Waals surface area contributed by atoms with E-state index in [1.54, 1.807) is 18.2 Å². The first-order chi connectivity index (χ1) is 20.8. The van der Waals surface area contributed by atoms with Crippen LogP contribution in [-0.2, 0) is 27.4 Å². The highest BCUT2D eigenvalue weighted by Gasteiger charge is 2.37. The van der Waals surface area contributed by atoms with Crippen LogP contribution >= 0.6 is 22.9 Å². The van der Waals surface area contributed by atoms with Crippen LogP contribution in [-0.4, -0.2) is 78.7 Å². The van der Waals surface area contributed by atoms with Gasteiger partial charge in [0.15, 0.2) is 5.78 Å². The molecule has 8 nitrogen and oxygen atoms in total. The number of ketones is 1. The van der Waals surface area contributed by atoms with Crippen molar-refractivity contribution in [2.24, 2.45) is 5.92 Å². The van der Waals surface area contributed by atoms with E-state index in [1.807, 2.05) is 0 Å². The lowest BCUT2D eigenvalue weighted by molar-refractivity contribution is -0.137. The van der Waals surface area contributed by atoms with Gasteiger partial charge in [0.1, 0.15) is 10.3 Å². The van der Waals surface area contributed by atoms with E-state index in [-0.39, 0.29) is 29.4 Å². The Balaban J connectivity index is 1.36. The van der Waals surface area contributed by atoms with Gasteiger partial charge in [-0.3, -0.25) is 9.69 Å². The van der Waals surface area contributed by atoms with E-state index in [1.165, 1.54) is 24.3 Å². The van der Waals surface area contributed by atoms with Gasteiger partial charge in [-0.1, -0.05) is 49.7 Å². The van der Waals surface area contributed by atoms with E-state index in [2.05, 4.69) is 23.6 Å². The summed E-state index contributed by atoms with van der Waals surface area (Å²) in [5, 5.41) is 0. The van der Waals surface area contributed by atoms with Gasteiger partial charge in [-0.05, 0) is 42.7 Å². The highest BCUT2D eigenvalue weighted by Crippen LogP contribution is 2.33. The number of anilines is 1. The van der Waals surface area contributed by atoms with Crippen molar-refractivity contribution in [1.82, 2.24) is 19.2 Å². The van der Waals surface area contributed by atoms with Crippen LogP contribution < -0.4 is 4.90 Å². The van der Waals surface area contributed by atoms with E-state index in [0.29, 0.717) is 46.2 Å². The van der Waals surface area contributed by atoms with Gasteiger partial charge in [-0.25, -0.2) is 18.4 Å². The molecule has 0 spiro atoms. The summed E-state index contributed by atoms with van der Waals surface area (Å²) < 4.78 is 67.6. The topological polar surface area (TPSA) is 86.7 Å². The highest BCUT2D eigenvalue weighted by atomic mass is 35.5. The molecule has 0 saturated carbocycles. The minimum absolute atomic E-state index is 0.0112. The first kappa shape index (κ1) is 32.6. The van der Waals surface area contributed by atoms with Gasteiger partial charge in [0.2, 0.25) is 5.95 Å². The molecule has 2 aromatic heterocycles. The molecule has 5 rings (SSSR count). The van der Waals surface area contributed by atoms with Crippen LogP contribution in [0.5, 0.6) is 0 Å². The molecule has 4 heterocycles. The number of piperazine rings is 1. The molecule has 1 aromatic carbocycles. The van der Waals surface area contributed by atoms with Gasteiger partial charge < -0.3 is 4.90 Å².